The maximum absolute atomic E-state index is 10.5. The minimum absolute atomic E-state index is 0.0261. The number of benzene rings is 1. The highest BCUT2D eigenvalue weighted by atomic mass is 32.2. The van der Waals surface area contributed by atoms with Gasteiger partial charge in [0, 0.05) is 42.0 Å². The zero-order chi connectivity index (χ0) is 18.6. The number of hydrogen-bond donors (Lipinski definition) is 2. The van der Waals surface area contributed by atoms with E-state index >= 15 is 0 Å². The molecule has 4 rings (SSSR count). The summed E-state index contributed by atoms with van der Waals surface area (Å²) in [6.45, 7) is 0.397. The molecule has 0 saturated carbocycles. The van der Waals surface area contributed by atoms with Gasteiger partial charge in [-0.05, 0) is 11.6 Å². The lowest BCUT2D eigenvalue weighted by Crippen LogP contribution is -2.00. The van der Waals surface area contributed by atoms with Gasteiger partial charge in [-0.25, -0.2) is 14.6 Å². The van der Waals surface area contributed by atoms with E-state index in [1.54, 1.807) is 29.2 Å². The lowest BCUT2D eigenvalue weighted by molar-refractivity contribution is 0.376. The highest BCUT2D eigenvalue weighted by Gasteiger charge is 2.15. The van der Waals surface area contributed by atoms with Crippen LogP contribution in [0.3, 0.4) is 0 Å². The third-order valence-electron chi connectivity index (χ3n) is 4.02. The van der Waals surface area contributed by atoms with Gasteiger partial charge in [0.2, 0.25) is 0 Å². The van der Waals surface area contributed by atoms with Crippen LogP contribution in [0.15, 0.2) is 72.3 Å². The Balaban J connectivity index is 1.49. The first-order valence-corrected chi connectivity index (χ1v) is 9.29. The van der Waals surface area contributed by atoms with E-state index in [9.17, 15) is 10.2 Å². The van der Waals surface area contributed by atoms with Crippen molar-refractivity contribution in [1.82, 2.24) is 24.3 Å². The van der Waals surface area contributed by atoms with E-state index in [0.29, 0.717) is 28.8 Å². The lowest BCUT2D eigenvalue weighted by atomic mass is 10.2. The Morgan fingerprint density at radius 3 is 2.63 bits per heavy atom. The molecule has 0 fully saturated rings. The summed E-state index contributed by atoms with van der Waals surface area (Å²) >= 11 is 1.38. The smallest absolute Gasteiger partial charge is 0.198 e. The summed E-state index contributed by atoms with van der Waals surface area (Å²) in [7, 11) is 0. The molecule has 2 N–H and O–H groups in total. The number of rotatable bonds is 6. The number of nitrogens with zero attached hydrogens (tertiary/aromatic N) is 5. The Morgan fingerprint density at radius 1 is 1.00 bits per heavy atom. The maximum atomic E-state index is 10.5. The van der Waals surface area contributed by atoms with E-state index in [2.05, 4.69) is 15.1 Å². The van der Waals surface area contributed by atoms with Crippen LogP contribution in [0.5, 0.6) is 11.8 Å². The van der Waals surface area contributed by atoms with Gasteiger partial charge in [-0.1, -0.05) is 42.1 Å². The van der Waals surface area contributed by atoms with Gasteiger partial charge in [0.15, 0.2) is 22.7 Å². The van der Waals surface area contributed by atoms with Gasteiger partial charge in [0.05, 0.1) is 6.54 Å². The van der Waals surface area contributed by atoms with Gasteiger partial charge in [0.1, 0.15) is 0 Å². The second-order valence-corrected chi connectivity index (χ2v) is 6.80. The van der Waals surface area contributed by atoms with Gasteiger partial charge in [-0.15, -0.1) is 0 Å². The molecule has 0 aliphatic heterocycles. The molecule has 0 unspecified atom stereocenters. The topological polar surface area (TPSA) is 89.0 Å². The molecule has 0 amide bonds. The van der Waals surface area contributed by atoms with E-state index in [-0.39, 0.29) is 11.8 Å². The predicted molar refractivity (Wildman–Crippen MR) is 102 cm³/mol. The molecule has 0 aliphatic carbocycles. The van der Waals surface area contributed by atoms with Crippen molar-refractivity contribution >= 4 is 11.8 Å². The van der Waals surface area contributed by atoms with Gasteiger partial charge in [-0.2, -0.15) is 5.10 Å². The number of hydrogen-bond acceptors (Lipinski definition) is 6. The molecule has 0 radical (unpaired) electrons. The van der Waals surface area contributed by atoms with Crippen LogP contribution in [0.25, 0.3) is 5.82 Å². The van der Waals surface area contributed by atoms with Crippen LogP contribution in [0.4, 0.5) is 0 Å². The fourth-order valence-electron chi connectivity index (χ4n) is 2.68. The second-order valence-electron chi connectivity index (χ2n) is 5.86. The van der Waals surface area contributed by atoms with Crippen LogP contribution in [0.2, 0.25) is 0 Å². The summed E-state index contributed by atoms with van der Waals surface area (Å²) in [6.07, 6.45) is 5.17. The molecule has 0 aliphatic rings. The van der Waals surface area contributed by atoms with Crippen LogP contribution < -0.4 is 0 Å². The molecule has 3 heterocycles. The molecule has 0 bridgehead atoms. The summed E-state index contributed by atoms with van der Waals surface area (Å²) in [5.41, 5.74) is 1.62. The molecule has 0 saturated heterocycles. The van der Waals surface area contributed by atoms with E-state index in [1.165, 1.54) is 16.3 Å². The van der Waals surface area contributed by atoms with Crippen molar-refractivity contribution < 1.29 is 10.2 Å². The summed E-state index contributed by atoms with van der Waals surface area (Å²) in [5, 5.41) is 25.4. The van der Waals surface area contributed by atoms with Crippen LogP contribution in [-0.4, -0.2) is 34.5 Å². The van der Waals surface area contributed by atoms with Crippen LogP contribution in [-0.2, 0) is 12.3 Å². The van der Waals surface area contributed by atoms with Crippen LogP contribution in [0, 0.1) is 0 Å². The van der Waals surface area contributed by atoms with Gasteiger partial charge < -0.3 is 10.2 Å². The van der Waals surface area contributed by atoms with Crippen LogP contribution in [0.1, 0.15) is 11.1 Å². The van der Waals surface area contributed by atoms with Crippen LogP contribution >= 0.6 is 11.8 Å². The lowest BCUT2D eigenvalue weighted by Gasteiger charge is -2.07. The Bertz CT molecular complexity index is 1030. The SMILES string of the molecule is Oc1cc(CSc2nccc(-n3cccn3)n2)c(O)n1Cc1ccccc1. The molecule has 27 heavy (non-hydrogen) atoms. The van der Waals surface area contributed by atoms with Crippen molar-refractivity contribution in [1.29, 1.82) is 0 Å². The zero-order valence-electron chi connectivity index (χ0n) is 14.3. The Morgan fingerprint density at radius 2 is 1.85 bits per heavy atom. The summed E-state index contributed by atoms with van der Waals surface area (Å²) < 4.78 is 3.14. The summed E-state index contributed by atoms with van der Waals surface area (Å²) in [4.78, 5) is 8.71. The Kier molecular flexibility index (Phi) is 4.80. The third kappa shape index (κ3) is 3.80. The Hall–Kier alpha value is -3.26. The van der Waals surface area contributed by atoms with Gasteiger partial charge in [0.25, 0.3) is 0 Å². The molecule has 1 aromatic carbocycles. The molecule has 7 nitrogen and oxygen atoms in total. The molecular weight excluding hydrogens is 362 g/mol. The van der Waals surface area contributed by atoms with Crippen molar-refractivity contribution in [3.8, 4) is 17.6 Å². The molecule has 3 aromatic heterocycles. The van der Waals surface area contributed by atoms with Crippen molar-refractivity contribution in [3.63, 3.8) is 0 Å². The minimum Gasteiger partial charge on any atom is -0.494 e. The van der Waals surface area contributed by atoms with E-state index < -0.39 is 0 Å². The van der Waals surface area contributed by atoms with Gasteiger partial charge >= 0.3 is 0 Å². The first-order valence-electron chi connectivity index (χ1n) is 8.31. The molecule has 0 atom stereocenters. The fraction of sp³-hybridized carbons (Fsp3) is 0.105. The van der Waals surface area contributed by atoms with Crippen molar-refractivity contribution in [2.45, 2.75) is 17.5 Å². The average Bonchev–Trinajstić information content (AvgIpc) is 3.32. The Labute approximate surface area is 160 Å². The zero-order valence-corrected chi connectivity index (χ0v) is 15.1. The maximum Gasteiger partial charge on any atom is 0.198 e. The van der Waals surface area contributed by atoms with Crippen molar-refractivity contribution in [3.05, 3.63) is 78.2 Å². The normalized spacial score (nSPS) is 11.0. The quantitative estimate of drug-likeness (QED) is 0.395. The van der Waals surface area contributed by atoms with E-state index in [0.717, 1.165) is 5.56 Å². The fourth-order valence-corrected chi connectivity index (χ4v) is 3.47. The molecule has 4 aromatic rings. The van der Waals surface area contributed by atoms with E-state index in [4.69, 9.17) is 0 Å². The number of aromatic hydroxyl groups is 2. The van der Waals surface area contributed by atoms with Crippen molar-refractivity contribution in [2.24, 2.45) is 0 Å². The highest BCUT2D eigenvalue weighted by Crippen LogP contribution is 2.32. The first kappa shape index (κ1) is 17.2. The number of thioether (sulfide) groups is 1. The monoisotopic (exact) mass is 379 g/mol. The predicted octanol–water partition coefficient (Wildman–Crippen LogP) is 3.22. The van der Waals surface area contributed by atoms with E-state index in [1.807, 2.05) is 42.6 Å². The standard InChI is InChI=1S/C19H17N5O2S/c25-17-11-15(18(26)23(17)12-14-5-2-1-3-6-14)13-27-19-20-9-7-16(22-19)24-10-4-8-21-24/h1-11,25-26H,12-13H2. The van der Waals surface area contributed by atoms with Gasteiger partial charge in [-0.3, -0.25) is 4.57 Å². The summed E-state index contributed by atoms with van der Waals surface area (Å²) in [6, 6.07) is 14.8. The first-order chi connectivity index (χ1) is 13.2. The second kappa shape index (κ2) is 7.55. The molecular formula is C19H17N5O2S. The molecule has 0 spiro atoms. The third-order valence-corrected chi connectivity index (χ3v) is 4.93. The molecule has 136 valence electrons. The highest BCUT2D eigenvalue weighted by molar-refractivity contribution is 7.98. The summed E-state index contributed by atoms with van der Waals surface area (Å²) in [5.74, 6) is 1.18. The van der Waals surface area contributed by atoms with Crippen molar-refractivity contribution in [2.75, 3.05) is 0 Å². The average molecular weight is 379 g/mol. The number of aromatic nitrogens is 5. The molecule has 8 heteroatoms. The minimum atomic E-state index is 0.0261. The largest absolute Gasteiger partial charge is 0.494 e.